The van der Waals surface area contributed by atoms with Gasteiger partial charge in [0, 0.05) is 61.7 Å². The van der Waals surface area contributed by atoms with E-state index in [9.17, 15) is 13.5 Å². The number of nitrogens with zero attached hydrogens (tertiary/aromatic N) is 4. The summed E-state index contributed by atoms with van der Waals surface area (Å²) in [5.74, 6) is 0.640. The molecule has 1 saturated carbocycles. The van der Waals surface area contributed by atoms with Gasteiger partial charge in [-0.05, 0) is 63.9 Å². The van der Waals surface area contributed by atoms with Crippen molar-refractivity contribution in [1.29, 1.82) is 0 Å². The van der Waals surface area contributed by atoms with Crippen LogP contribution in [0.15, 0.2) is 18.5 Å². The Labute approximate surface area is 220 Å². The minimum absolute atomic E-state index is 0.219. The molecule has 204 valence electrons. The molecule has 1 saturated heterocycles. The van der Waals surface area contributed by atoms with Gasteiger partial charge >= 0.3 is 0 Å². The minimum Gasteiger partial charge on any atom is -0.393 e. The number of nitrogens with one attached hydrogen (secondary N) is 1. The van der Waals surface area contributed by atoms with Crippen molar-refractivity contribution < 1.29 is 18.3 Å². The van der Waals surface area contributed by atoms with Gasteiger partial charge in [0.2, 0.25) is 16.0 Å². The van der Waals surface area contributed by atoms with Crippen molar-refractivity contribution in [3.8, 4) is 0 Å². The Kier molecular flexibility index (Phi) is 8.19. The number of aliphatic hydroxyl groups is 1. The summed E-state index contributed by atoms with van der Waals surface area (Å²) in [4.78, 5) is 9.60. The van der Waals surface area contributed by atoms with Gasteiger partial charge in [0.25, 0.3) is 0 Å². The van der Waals surface area contributed by atoms with E-state index in [1.165, 1.54) is 0 Å². The Balaban J connectivity index is 1.43. The van der Waals surface area contributed by atoms with Crippen molar-refractivity contribution in [3.63, 3.8) is 0 Å². The Morgan fingerprint density at radius 3 is 2.62 bits per heavy atom. The molecule has 2 N–H and O–H groups in total. The molecule has 4 heterocycles. The average Bonchev–Trinajstić information content (AvgIpc) is 3.28. The highest BCUT2D eigenvalue weighted by Crippen LogP contribution is 2.37. The molecule has 0 radical (unpaired) electrons. The third-order valence-electron chi connectivity index (χ3n) is 8.20. The second-order valence-electron chi connectivity index (χ2n) is 10.9. The van der Waals surface area contributed by atoms with E-state index < -0.39 is 10.0 Å². The van der Waals surface area contributed by atoms with Crippen LogP contribution in [0.2, 0.25) is 0 Å². The summed E-state index contributed by atoms with van der Waals surface area (Å²) in [6.07, 6.45) is 13.3. The van der Waals surface area contributed by atoms with Gasteiger partial charge in [-0.3, -0.25) is 0 Å². The lowest BCUT2D eigenvalue weighted by atomic mass is 9.93. The Morgan fingerprint density at radius 2 is 1.95 bits per heavy atom. The highest BCUT2D eigenvalue weighted by atomic mass is 32.2. The van der Waals surface area contributed by atoms with Gasteiger partial charge in [-0.25, -0.2) is 13.4 Å². The number of hydrogen-bond donors (Lipinski definition) is 2. The molecule has 2 fully saturated rings. The second kappa shape index (κ2) is 11.4. The van der Waals surface area contributed by atoms with E-state index in [0.717, 1.165) is 60.7 Å². The van der Waals surface area contributed by atoms with Crippen LogP contribution >= 0.6 is 0 Å². The standard InChI is InChI=1S/C27H41N5O4S/c1-3-4-19(2)29-27-28-17-24-25(18-32(26(24)30-27)21-5-7-22(33)8-6-21)20-9-13-31(14-10-20)37(34,35)23-11-15-36-16-12-23/h9,17-19,21-23,33H,3-8,10-16H2,1-2H3,(H,28,29,30)/t19-,21-,22-/m0/s1. The van der Waals surface area contributed by atoms with Gasteiger partial charge in [-0.1, -0.05) is 19.4 Å². The fourth-order valence-corrected chi connectivity index (χ4v) is 7.84. The van der Waals surface area contributed by atoms with E-state index in [4.69, 9.17) is 9.72 Å². The number of fused-ring (bicyclic) bond motifs is 1. The van der Waals surface area contributed by atoms with Crippen LogP contribution in [0.25, 0.3) is 16.6 Å². The summed E-state index contributed by atoms with van der Waals surface area (Å²) in [5.41, 5.74) is 3.16. The molecule has 9 nitrogen and oxygen atoms in total. The first-order valence-corrected chi connectivity index (χ1v) is 15.5. The van der Waals surface area contributed by atoms with Crippen molar-refractivity contribution in [2.45, 2.75) is 95.1 Å². The van der Waals surface area contributed by atoms with Crippen LogP contribution in [0.5, 0.6) is 0 Å². The van der Waals surface area contributed by atoms with E-state index >= 15 is 0 Å². The first kappa shape index (κ1) is 26.6. The number of hydrogen-bond acceptors (Lipinski definition) is 7. The molecule has 5 rings (SSSR count). The molecule has 2 aromatic rings. The maximum absolute atomic E-state index is 13.2. The molecule has 0 aromatic carbocycles. The predicted octanol–water partition coefficient (Wildman–Crippen LogP) is 4.11. The Hall–Kier alpha value is -2.01. The molecule has 37 heavy (non-hydrogen) atoms. The fraction of sp³-hybridized carbons (Fsp3) is 0.704. The van der Waals surface area contributed by atoms with Gasteiger partial charge in [0.1, 0.15) is 5.65 Å². The summed E-state index contributed by atoms with van der Waals surface area (Å²) in [7, 11) is -3.33. The molecule has 2 aromatic heterocycles. The van der Waals surface area contributed by atoms with Crippen LogP contribution in [0, 0.1) is 0 Å². The molecule has 10 heteroatoms. The monoisotopic (exact) mass is 531 g/mol. The van der Waals surface area contributed by atoms with Gasteiger partial charge in [0.15, 0.2) is 0 Å². The summed E-state index contributed by atoms with van der Waals surface area (Å²) < 4.78 is 35.7. The maximum atomic E-state index is 13.2. The van der Waals surface area contributed by atoms with E-state index in [2.05, 4.69) is 41.0 Å². The topological polar surface area (TPSA) is 110 Å². The van der Waals surface area contributed by atoms with Crippen molar-refractivity contribution in [1.82, 2.24) is 18.8 Å². The van der Waals surface area contributed by atoms with E-state index in [0.29, 0.717) is 57.6 Å². The van der Waals surface area contributed by atoms with Crippen LogP contribution < -0.4 is 5.32 Å². The molecule has 1 aliphatic carbocycles. The van der Waals surface area contributed by atoms with Crippen molar-refractivity contribution in [3.05, 3.63) is 24.0 Å². The van der Waals surface area contributed by atoms with E-state index in [1.807, 2.05) is 6.20 Å². The quantitative estimate of drug-likeness (QED) is 0.528. The number of anilines is 1. The molecule has 0 bridgehead atoms. The number of rotatable bonds is 8. The van der Waals surface area contributed by atoms with E-state index in [1.54, 1.807) is 4.31 Å². The molecule has 0 unspecified atom stereocenters. The van der Waals surface area contributed by atoms with Crippen LogP contribution in [-0.4, -0.2) is 76.1 Å². The summed E-state index contributed by atoms with van der Waals surface area (Å²) >= 11 is 0. The highest BCUT2D eigenvalue weighted by molar-refractivity contribution is 7.89. The Bertz CT molecular complexity index is 1210. The van der Waals surface area contributed by atoms with Gasteiger partial charge in [-0.15, -0.1) is 0 Å². The number of ether oxygens (including phenoxy) is 1. The maximum Gasteiger partial charge on any atom is 0.224 e. The third-order valence-corrected chi connectivity index (χ3v) is 10.6. The molecule has 1 atom stereocenters. The van der Waals surface area contributed by atoms with Crippen LogP contribution in [-0.2, 0) is 14.8 Å². The van der Waals surface area contributed by atoms with Crippen LogP contribution in [0.1, 0.15) is 83.2 Å². The number of aromatic nitrogens is 3. The first-order chi connectivity index (χ1) is 17.9. The summed E-state index contributed by atoms with van der Waals surface area (Å²) in [6.45, 7) is 6.24. The zero-order chi connectivity index (χ0) is 26.0. The number of aliphatic hydroxyl groups excluding tert-OH is 1. The van der Waals surface area contributed by atoms with Crippen molar-refractivity contribution in [2.24, 2.45) is 0 Å². The van der Waals surface area contributed by atoms with Crippen LogP contribution in [0.3, 0.4) is 0 Å². The molecule has 2 aliphatic heterocycles. The van der Waals surface area contributed by atoms with Gasteiger partial charge in [0.05, 0.1) is 11.4 Å². The second-order valence-corrected chi connectivity index (χ2v) is 13.1. The smallest absolute Gasteiger partial charge is 0.224 e. The predicted molar refractivity (Wildman–Crippen MR) is 146 cm³/mol. The Morgan fingerprint density at radius 1 is 1.19 bits per heavy atom. The molecule has 0 amide bonds. The summed E-state index contributed by atoms with van der Waals surface area (Å²) in [5, 5.41) is 14.2. The lowest BCUT2D eigenvalue weighted by Gasteiger charge is -2.31. The molecular formula is C27H41N5O4S. The van der Waals surface area contributed by atoms with Gasteiger partial charge in [-0.2, -0.15) is 9.29 Å². The highest BCUT2D eigenvalue weighted by Gasteiger charge is 2.34. The third kappa shape index (κ3) is 5.72. The molecular weight excluding hydrogens is 490 g/mol. The number of sulfonamides is 1. The van der Waals surface area contributed by atoms with Crippen molar-refractivity contribution >= 4 is 32.6 Å². The SMILES string of the molecule is CCC[C@H](C)Nc1ncc2c(C3=CCN(S(=O)(=O)C4CCOCC4)CC3)cn([C@H]3CC[C@H](O)CC3)c2n1. The lowest BCUT2D eigenvalue weighted by molar-refractivity contribution is 0.0973. The lowest BCUT2D eigenvalue weighted by Crippen LogP contribution is -2.43. The van der Waals surface area contributed by atoms with Gasteiger partial charge < -0.3 is 19.7 Å². The summed E-state index contributed by atoms with van der Waals surface area (Å²) in [6, 6.07) is 0.574. The van der Waals surface area contributed by atoms with E-state index in [-0.39, 0.29) is 17.4 Å². The minimum atomic E-state index is -3.33. The molecule has 3 aliphatic rings. The normalized spacial score (nSPS) is 25.2. The zero-order valence-corrected chi connectivity index (χ0v) is 22.9. The first-order valence-electron chi connectivity index (χ1n) is 13.9. The fourth-order valence-electron chi connectivity index (χ4n) is 6.01. The largest absolute Gasteiger partial charge is 0.393 e. The van der Waals surface area contributed by atoms with Crippen LogP contribution in [0.4, 0.5) is 5.95 Å². The average molecular weight is 532 g/mol. The zero-order valence-electron chi connectivity index (χ0n) is 22.1. The molecule has 0 spiro atoms. The van der Waals surface area contributed by atoms with Crippen molar-refractivity contribution in [2.75, 3.05) is 31.6 Å².